The lowest BCUT2D eigenvalue weighted by molar-refractivity contribution is -0.116. The van der Waals surface area contributed by atoms with Crippen molar-refractivity contribution in [3.05, 3.63) is 16.0 Å². The number of fused-ring (bicyclic) bond motifs is 1. The molecule has 2 aliphatic rings. The van der Waals surface area contributed by atoms with Crippen molar-refractivity contribution in [2.24, 2.45) is 0 Å². The summed E-state index contributed by atoms with van der Waals surface area (Å²) in [5, 5.41) is 6.70. The molecule has 0 saturated carbocycles. The molecule has 24 heavy (non-hydrogen) atoms. The van der Waals surface area contributed by atoms with E-state index in [2.05, 4.69) is 17.6 Å². The van der Waals surface area contributed by atoms with Crippen molar-refractivity contribution in [3.8, 4) is 0 Å². The molecule has 2 N–H and O–H groups in total. The Balaban J connectivity index is 1.69. The Hall–Kier alpha value is -1.40. The summed E-state index contributed by atoms with van der Waals surface area (Å²) in [4.78, 5) is 26.1. The van der Waals surface area contributed by atoms with Crippen LogP contribution in [0.25, 0.3) is 0 Å². The molecule has 0 spiro atoms. The molecule has 2 amide bonds. The second kappa shape index (κ2) is 8.12. The summed E-state index contributed by atoms with van der Waals surface area (Å²) in [6.45, 7) is 3.40. The van der Waals surface area contributed by atoms with Crippen LogP contribution in [0, 0.1) is 0 Å². The van der Waals surface area contributed by atoms with Crippen molar-refractivity contribution in [3.63, 3.8) is 0 Å². The molecule has 0 radical (unpaired) electrons. The molecule has 1 unspecified atom stereocenters. The average Bonchev–Trinajstić information content (AvgIpc) is 3.27. The Kier molecular flexibility index (Phi) is 5.89. The third-order valence-electron chi connectivity index (χ3n) is 4.67. The molecule has 5 nitrogen and oxygen atoms in total. The van der Waals surface area contributed by atoms with Gasteiger partial charge < -0.3 is 15.4 Å². The molecule has 1 fully saturated rings. The minimum Gasteiger partial charge on any atom is -0.376 e. The number of rotatable bonds is 7. The van der Waals surface area contributed by atoms with Crippen molar-refractivity contribution in [2.75, 3.05) is 18.5 Å². The van der Waals surface area contributed by atoms with Gasteiger partial charge in [-0.2, -0.15) is 0 Å². The summed E-state index contributed by atoms with van der Waals surface area (Å²) in [5.74, 6) is -0.0689. The number of unbranched alkanes of at least 4 members (excludes halogenated alkanes) is 1. The molecular formula is C18H26N2O3S. The Labute approximate surface area is 147 Å². The molecule has 1 saturated heterocycles. The van der Waals surface area contributed by atoms with Crippen LogP contribution in [0.2, 0.25) is 0 Å². The van der Waals surface area contributed by atoms with E-state index < -0.39 is 0 Å². The first kappa shape index (κ1) is 17.4. The highest BCUT2D eigenvalue weighted by Crippen LogP contribution is 2.39. The van der Waals surface area contributed by atoms with Crippen LogP contribution in [-0.4, -0.2) is 31.1 Å². The number of amides is 2. The van der Waals surface area contributed by atoms with Gasteiger partial charge >= 0.3 is 0 Å². The van der Waals surface area contributed by atoms with Crippen LogP contribution in [0.15, 0.2) is 0 Å². The molecular weight excluding hydrogens is 324 g/mol. The predicted octanol–water partition coefficient (Wildman–Crippen LogP) is 3.27. The van der Waals surface area contributed by atoms with Gasteiger partial charge in [-0.25, -0.2) is 0 Å². The van der Waals surface area contributed by atoms with Crippen LogP contribution >= 0.6 is 11.3 Å². The van der Waals surface area contributed by atoms with E-state index in [1.54, 1.807) is 11.3 Å². The van der Waals surface area contributed by atoms with Gasteiger partial charge in [0.15, 0.2) is 0 Å². The summed E-state index contributed by atoms with van der Waals surface area (Å²) < 4.78 is 5.57. The third-order valence-corrected chi connectivity index (χ3v) is 5.88. The van der Waals surface area contributed by atoms with Gasteiger partial charge in [0, 0.05) is 24.4 Å². The fraction of sp³-hybridized carbons (Fsp3) is 0.667. The predicted molar refractivity (Wildman–Crippen MR) is 95.8 cm³/mol. The second-order valence-corrected chi connectivity index (χ2v) is 7.66. The van der Waals surface area contributed by atoms with Crippen LogP contribution in [-0.2, 0) is 22.4 Å². The molecule has 132 valence electrons. The van der Waals surface area contributed by atoms with Crippen LogP contribution in [0.4, 0.5) is 5.00 Å². The number of hydrogen-bond acceptors (Lipinski definition) is 4. The zero-order valence-corrected chi connectivity index (χ0v) is 15.1. The Morgan fingerprint density at radius 2 is 2.17 bits per heavy atom. The summed E-state index contributed by atoms with van der Waals surface area (Å²) >= 11 is 1.57. The fourth-order valence-corrected chi connectivity index (χ4v) is 4.66. The average molecular weight is 350 g/mol. The third kappa shape index (κ3) is 3.98. The first-order chi connectivity index (χ1) is 11.7. The number of ether oxygens (including phenoxy) is 1. The minimum absolute atomic E-state index is 0.00458. The van der Waals surface area contributed by atoms with Crippen molar-refractivity contribution >= 4 is 28.2 Å². The van der Waals surface area contributed by atoms with E-state index in [0.29, 0.717) is 18.5 Å². The molecule has 3 rings (SSSR count). The Bertz CT molecular complexity index is 606. The summed E-state index contributed by atoms with van der Waals surface area (Å²) in [6, 6.07) is 0. The minimum atomic E-state index is -0.0734. The van der Waals surface area contributed by atoms with Gasteiger partial charge in [-0.3, -0.25) is 9.59 Å². The van der Waals surface area contributed by atoms with Crippen molar-refractivity contribution in [1.82, 2.24) is 5.32 Å². The van der Waals surface area contributed by atoms with Gasteiger partial charge in [-0.05, 0) is 44.1 Å². The number of anilines is 1. The highest BCUT2D eigenvalue weighted by Gasteiger charge is 2.28. The van der Waals surface area contributed by atoms with Gasteiger partial charge in [0.1, 0.15) is 5.00 Å². The normalized spacial score (nSPS) is 19.3. The SMILES string of the molecule is CCCCC(=O)Nc1sc2c(c1C(=O)NCC1CCCO1)CCC2. The van der Waals surface area contributed by atoms with Crippen LogP contribution in [0.5, 0.6) is 0 Å². The molecule has 2 heterocycles. The fourth-order valence-electron chi connectivity index (χ4n) is 3.36. The zero-order chi connectivity index (χ0) is 16.9. The molecule has 1 aliphatic carbocycles. The molecule has 0 bridgehead atoms. The van der Waals surface area contributed by atoms with E-state index in [4.69, 9.17) is 4.74 Å². The van der Waals surface area contributed by atoms with E-state index >= 15 is 0 Å². The topological polar surface area (TPSA) is 67.4 Å². The number of nitrogens with one attached hydrogen (secondary N) is 2. The van der Waals surface area contributed by atoms with Crippen molar-refractivity contribution < 1.29 is 14.3 Å². The van der Waals surface area contributed by atoms with Gasteiger partial charge in [0.2, 0.25) is 5.91 Å². The van der Waals surface area contributed by atoms with E-state index in [1.165, 1.54) is 4.88 Å². The molecule has 1 atom stereocenters. The van der Waals surface area contributed by atoms with E-state index in [1.807, 2.05) is 0 Å². The number of carbonyl (C=O) groups excluding carboxylic acids is 2. The number of hydrogen-bond donors (Lipinski definition) is 2. The maximum absolute atomic E-state index is 12.7. The van der Waals surface area contributed by atoms with E-state index in [0.717, 1.165) is 62.1 Å². The molecule has 1 aromatic heterocycles. The highest BCUT2D eigenvalue weighted by molar-refractivity contribution is 7.17. The quantitative estimate of drug-likeness (QED) is 0.793. The molecule has 1 aliphatic heterocycles. The maximum atomic E-state index is 12.7. The molecule has 6 heteroatoms. The van der Waals surface area contributed by atoms with Crippen LogP contribution in [0.1, 0.15) is 66.2 Å². The molecule has 1 aromatic rings. The summed E-state index contributed by atoms with van der Waals surface area (Å²) in [5.41, 5.74) is 1.82. The first-order valence-electron chi connectivity index (χ1n) is 9.03. The second-order valence-electron chi connectivity index (χ2n) is 6.56. The standard InChI is InChI=1S/C18H26N2O3S/c1-2-3-9-15(21)20-18-16(13-7-4-8-14(13)24-18)17(22)19-11-12-6-5-10-23-12/h12H,2-11H2,1H3,(H,19,22)(H,20,21). The Morgan fingerprint density at radius 1 is 1.29 bits per heavy atom. The van der Waals surface area contributed by atoms with Crippen LogP contribution < -0.4 is 10.6 Å². The smallest absolute Gasteiger partial charge is 0.254 e. The number of aryl methyl sites for hydroxylation is 1. The Morgan fingerprint density at radius 3 is 2.92 bits per heavy atom. The molecule has 0 aromatic carbocycles. The van der Waals surface area contributed by atoms with Gasteiger partial charge in [-0.15, -0.1) is 11.3 Å². The number of carbonyl (C=O) groups is 2. The summed E-state index contributed by atoms with van der Waals surface area (Å²) in [6.07, 6.45) is 7.60. The van der Waals surface area contributed by atoms with Crippen molar-refractivity contribution in [1.29, 1.82) is 0 Å². The monoisotopic (exact) mass is 350 g/mol. The van der Waals surface area contributed by atoms with Gasteiger partial charge in [-0.1, -0.05) is 13.3 Å². The lowest BCUT2D eigenvalue weighted by atomic mass is 10.1. The van der Waals surface area contributed by atoms with E-state index in [-0.39, 0.29) is 17.9 Å². The van der Waals surface area contributed by atoms with Crippen molar-refractivity contribution in [2.45, 2.75) is 64.4 Å². The lowest BCUT2D eigenvalue weighted by Gasteiger charge is -2.12. The van der Waals surface area contributed by atoms with Gasteiger partial charge in [0.05, 0.1) is 11.7 Å². The highest BCUT2D eigenvalue weighted by atomic mass is 32.1. The van der Waals surface area contributed by atoms with E-state index in [9.17, 15) is 9.59 Å². The maximum Gasteiger partial charge on any atom is 0.254 e. The number of thiophene rings is 1. The summed E-state index contributed by atoms with van der Waals surface area (Å²) in [7, 11) is 0. The largest absolute Gasteiger partial charge is 0.376 e. The van der Waals surface area contributed by atoms with Gasteiger partial charge in [0.25, 0.3) is 5.91 Å². The lowest BCUT2D eigenvalue weighted by Crippen LogP contribution is -2.32. The zero-order valence-electron chi connectivity index (χ0n) is 14.3. The van der Waals surface area contributed by atoms with Crippen LogP contribution in [0.3, 0.4) is 0 Å². The first-order valence-corrected chi connectivity index (χ1v) is 9.85.